The number of rotatable bonds is 34. The molecule has 0 spiro atoms. The van der Waals surface area contributed by atoms with Crippen LogP contribution in [0.1, 0.15) is 152 Å². The van der Waals surface area contributed by atoms with Gasteiger partial charge in [-0.05, 0) is 62.9 Å². The van der Waals surface area contributed by atoms with Gasteiger partial charge in [0, 0.05) is 33.1 Å². The molecule has 0 radical (unpaired) electrons. The highest BCUT2D eigenvalue weighted by Gasteiger charge is 2.20. The van der Waals surface area contributed by atoms with Crippen LogP contribution < -0.4 is 15.9 Å². The molecule has 340 valence electrons. The van der Waals surface area contributed by atoms with Gasteiger partial charge >= 0.3 is 8.60 Å². The Morgan fingerprint density at radius 2 is 1.45 bits per heavy atom. The van der Waals surface area contributed by atoms with E-state index in [9.17, 15) is 10.2 Å². The predicted molar refractivity (Wildman–Crippen MR) is 240 cm³/mol. The quantitative estimate of drug-likeness (QED) is 0.0385. The average molecular weight is 861 g/mol. The Labute approximate surface area is 362 Å². The molecular weight excluding hydrogens is 784 g/mol. The van der Waals surface area contributed by atoms with Crippen molar-refractivity contribution in [3.63, 3.8) is 0 Å². The summed E-state index contributed by atoms with van der Waals surface area (Å²) < 4.78 is 37.2. The van der Waals surface area contributed by atoms with Gasteiger partial charge < -0.3 is 49.2 Å². The summed E-state index contributed by atoms with van der Waals surface area (Å²) in [6.45, 7) is 11.6. The molecule has 2 aromatic rings. The maximum Gasteiger partial charge on any atom is 0.330 e. The van der Waals surface area contributed by atoms with Crippen LogP contribution in [0.2, 0.25) is 0 Å². The number of nitrogens with one attached hydrogen (secondary N) is 1. The average Bonchev–Trinajstić information content (AvgIpc) is 3.69. The van der Waals surface area contributed by atoms with E-state index in [-0.39, 0.29) is 32.0 Å². The monoisotopic (exact) mass is 861 g/mol. The number of aliphatic hydroxyl groups is 1. The molecule has 3 rings (SSSR count). The first-order chi connectivity index (χ1) is 29.3. The fourth-order valence-electron chi connectivity index (χ4n) is 6.67. The lowest BCUT2D eigenvalue weighted by molar-refractivity contribution is -0.0489. The SMILES string of the molecule is C#N.CCCCCCCCCCCCCCCCCCOCC(COP(O)OCC(CCc1ccc2n1NCN=C2N)OC)OCc1ccc(C#N)c(OC(C)C)c1.CO. The number of benzene rings is 1. The molecule has 1 aliphatic rings. The lowest BCUT2D eigenvalue weighted by atomic mass is 10.0. The molecule has 3 atom stereocenters. The molecule has 3 unspecified atom stereocenters. The first-order valence-corrected chi connectivity index (χ1v) is 23.1. The summed E-state index contributed by atoms with van der Waals surface area (Å²) in [7, 11) is 0.461. The molecule has 1 aromatic heterocycles. The van der Waals surface area contributed by atoms with Crippen molar-refractivity contribution < 1.29 is 38.0 Å². The first-order valence-electron chi connectivity index (χ1n) is 22.0. The molecule has 0 saturated carbocycles. The van der Waals surface area contributed by atoms with Crippen molar-refractivity contribution in [3.05, 3.63) is 52.8 Å². The Balaban J connectivity index is 0.00000436. The summed E-state index contributed by atoms with van der Waals surface area (Å²) in [5.41, 5.74) is 12.5. The number of hydrogen-bond donors (Lipinski definition) is 4. The standard InChI is InChI=1S/C43H72N5O7P.CHN.CH4O/c1-5-6-7-8-9-10-11-12-13-14-15-16-17-18-19-20-27-51-31-40(52-30-36-21-22-37(29-44)42(28-36)55-35(2)3)33-54-56(49)53-32-39(50-4)25-23-38-24-26-41-43(45)46-34-47-48(38)41;2*1-2/h21-22,24,26,28,35,39-40,47,49H,5-20,23,25,27,30-34H2,1-4H3,(H2,45,46);1H;2H,1H3. The van der Waals surface area contributed by atoms with Crippen LogP contribution in [0.3, 0.4) is 0 Å². The zero-order valence-electron chi connectivity index (χ0n) is 37.3. The van der Waals surface area contributed by atoms with Crippen LogP contribution in [0.5, 0.6) is 5.75 Å². The molecule has 14 nitrogen and oxygen atoms in total. The summed E-state index contributed by atoms with van der Waals surface area (Å²) in [5.74, 6) is 1.04. The van der Waals surface area contributed by atoms with Gasteiger partial charge in [0.25, 0.3) is 0 Å². The van der Waals surface area contributed by atoms with Crippen molar-refractivity contribution in [2.45, 2.75) is 161 Å². The number of fused-ring (bicyclic) bond motifs is 1. The molecular formula is C45H77N6O8P. The number of aliphatic hydroxyl groups excluding tert-OH is 1. The number of aryl methyl sites for hydroxylation is 1. The second-order valence-electron chi connectivity index (χ2n) is 15.1. The normalized spacial score (nSPS) is 13.4. The van der Waals surface area contributed by atoms with E-state index >= 15 is 0 Å². The van der Waals surface area contributed by atoms with E-state index in [1.165, 1.54) is 89.9 Å². The van der Waals surface area contributed by atoms with Crippen LogP contribution in [-0.4, -0.2) is 86.1 Å². The van der Waals surface area contributed by atoms with Gasteiger partial charge in [0.05, 0.1) is 44.2 Å². The van der Waals surface area contributed by atoms with Gasteiger partial charge in [0.2, 0.25) is 0 Å². The second-order valence-corrected chi connectivity index (χ2v) is 16.0. The lowest BCUT2D eigenvalue weighted by Gasteiger charge is -2.22. The molecule has 2 heterocycles. The maximum atomic E-state index is 10.7. The minimum atomic E-state index is -2.17. The maximum absolute atomic E-state index is 10.7. The number of methoxy groups -OCH3 is 1. The van der Waals surface area contributed by atoms with E-state index in [4.69, 9.17) is 44.1 Å². The molecule has 60 heavy (non-hydrogen) atoms. The third-order valence-electron chi connectivity index (χ3n) is 9.96. The van der Waals surface area contributed by atoms with Crippen molar-refractivity contribution in [2.75, 3.05) is 52.7 Å². The van der Waals surface area contributed by atoms with E-state index in [2.05, 4.69) is 30.0 Å². The van der Waals surface area contributed by atoms with Crippen molar-refractivity contribution in [1.29, 1.82) is 10.5 Å². The minimum Gasteiger partial charge on any atom is -0.490 e. The molecule has 0 amide bonds. The van der Waals surface area contributed by atoms with Gasteiger partial charge in [-0.3, -0.25) is 4.68 Å². The van der Waals surface area contributed by atoms with Crippen LogP contribution >= 0.6 is 8.60 Å². The predicted octanol–water partition coefficient (Wildman–Crippen LogP) is 9.18. The van der Waals surface area contributed by atoms with Crippen LogP contribution in [0, 0.1) is 23.2 Å². The minimum absolute atomic E-state index is 0.0652. The van der Waals surface area contributed by atoms with E-state index in [1.54, 1.807) is 13.2 Å². The number of nitrogens with zero attached hydrogens (tertiary/aromatic N) is 4. The number of ether oxygens (including phenoxy) is 4. The zero-order valence-corrected chi connectivity index (χ0v) is 38.2. The van der Waals surface area contributed by atoms with Crippen LogP contribution in [-0.2, 0) is 36.3 Å². The molecule has 15 heteroatoms. The van der Waals surface area contributed by atoms with Crippen molar-refractivity contribution in [3.8, 4) is 18.4 Å². The van der Waals surface area contributed by atoms with Gasteiger partial charge in [-0.15, -0.1) is 0 Å². The summed E-state index contributed by atoms with van der Waals surface area (Å²) >= 11 is 0. The third-order valence-corrected chi connectivity index (χ3v) is 10.7. The topological polar surface area (TPSA) is 199 Å². The van der Waals surface area contributed by atoms with Gasteiger partial charge in [0.1, 0.15) is 36.1 Å². The van der Waals surface area contributed by atoms with Crippen molar-refractivity contribution in [1.82, 2.24) is 4.68 Å². The first kappa shape index (κ1) is 54.7. The Bertz CT molecular complexity index is 1450. The lowest BCUT2D eigenvalue weighted by Crippen LogP contribution is -2.32. The number of hydrogen-bond acceptors (Lipinski definition) is 13. The molecule has 1 aromatic carbocycles. The Kier molecular flexibility index (Phi) is 33.2. The number of nitrogens with two attached hydrogens (primary N) is 1. The van der Waals surface area contributed by atoms with E-state index < -0.39 is 14.7 Å². The molecule has 0 fully saturated rings. The van der Waals surface area contributed by atoms with Crippen LogP contribution in [0.15, 0.2) is 35.3 Å². The van der Waals surface area contributed by atoms with E-state index in [1.807, 2.05) is 42.8 Å². The molecule has 5 N–H and O–H groups in total. The molecule has 1 aliphatic heterocycles. The highest BCUT2D eigenvalue weighted by molar-refractivity contribution is 7.40. The van der Waals surface area contributed by atoms with Gasteiger partial charge in [-0.2, -0.15) is 5.26 Å². The highest BCUT2D eigenvalue weighted by atomic mass is 31.2. The fraction of sp³-hybridized carbons (Fsp3) is 0.711. The number of amidine groups is 1. The number of aliphatic imine (C=N–C) groups is 1. The Morgan fingerprint density at radius 1 is 0.867 bits per heavy atom. The fourth-order valence-corrected chi connectivity index (χ4v) is 7.33. The van der Waals surface area contributed by atoms with Crippen molar-refractivity contribution >= 4 is 14.4 Å². The molecule has 0 aliphatic carbocycles. The number of aromatic nitrogens is 1. The highest BCUT2D eigenvalue weighted by Crippen LogP contribution is 2.34. The Morgan fingerprint density at radius 3 is 2.02 bits per heavy atom. The Hall–Kier alpha value is -3.30. The van der Waals surface area contributed by atoms with Crippen LogP contribution in [0.25, 0.3) is 0 Å². The largest absolute Gasteiger partial charge is 0.490 e. The smallest absolute Gasteiger partial charge is 0.330 e. The van der Waals surface area contributed by atoms with Gasteiger partial charge in [-0.1, -0.05) is 109 Å². The number of unbranched alkanes of at least 4 members (excludes halogenated alkanes) is 15. The number of nitriles is 2. The zero-order chi connectivity index (χ0) is 44.2. The summed E-state index contributed by atoms with van der Waals surface area (Å²) in [6, 6.07) is 11.6. The van der Waals surface area contributed by atoms with Crippen molar-refractivity contribution in [2.24, 2.45) is 10.7 Å². The van der Waals surface area contributed by atoms with Crippen LogP contribution in [0.4, 0.5) is 0 Å². The molecule has 0 saturated heterocycles. The summed E-state index contributed by atoms with van der Waals surface area (Å²) in [4.78, 5) is 14.9. The molecule has 0 bridgehead atoms. The third kappa shape index (κ3) is 24.2. The van der Waals surface area contributed by atoms with Gasteiger partial charge in [0.15, 0.2) is 0 Å². The van der Waals surface area contributed by atoms with E-state index in [0.717, 1.165) is 43.3 Å². The summed E-state index contributed by atoms with van der Waals surface area (Å²) in [5, 5.41) is 23.0. The second kappa shape index (κ2) is 36.4. The van der Waals surface area contributed by atoms with Gasteiger partial charge in [-0.25, -0.2) is 10.3 Å². The summed E-state index contributed by atoms with van der Waals surface area (Å²) in [6.07, 6.45) is 21.9. The van der Waals surface area contributed by atoms with E-state index in [0.29, 0.717) is 43.5 Å².